The van der Waals surface area contributed by atoms with Crippen molar-refractivity contribution in [2.45, 2.75) is 32.2 Å². The van der Waals surface area contributed by atoms with Crippen LogP contribution < -0.4 is 5.73 Å². The second kappa shape index (κ2) is 3.68. The highest BCUT2D eigenvalue weighted by molar-refractivity contribution is 7.13. The third-order valence-corrected chi connectivity index (χ3v) is 4.45. The Balaban J connectivity index is 2.01. The lowest BCUT2D eigenvalue weighted by Gasteiger charge is -2.21. The van der Waals surface area contributed by atoms with Crippen LogP contribution in [0.25, 0.3) is 10.6 Å². The van der Waals surface area contributed by atoms with Gasteiger partial charge in [0.2, 0.25) is 0 Å². The lowest BCUT2D eigenvalue weighted by Crippen LogP contribution is -2.36. The van der Waals surface area contributed by atoms with Gasteiger partial charge in [0.1, 0.15) is 11.5 Å². The van der Waals surface area contributed by atoms with E-state index in [0.717, 1.165) is 17.2 Å². The lowest BCUT2D eigenvalue weighted by atomic mass is 9.97. The minimum atomic E-state index is -0.305. The molecule has 3 nitrogen and oxygen atoms in total. The smallest absolute Gasteiger partial charge is 0.127 e. The van der Waals surface area contributed by atoms with Crippen molar-refractivity contribution in [3.8, 4) is 10.6 Å². The summed E-state index contributed by atoms with van der Waals surface area (Å²) in [5, 5.41) is 2.08. The van der Waals surface area contributed by atoms with Crippen LogP contribution in [0.15, 0.2) is 17.5 Å². The SMILES string of the molecule is Cc1[nH]c(C(C)(N)C2CC2)nc1-c1cccs1. The number of aromatic nitrogens is 2. The van der Waals surface area contributed by atoms with E-state index in [0.29, 0.717) is 5.92 Å². The first-order valence-electron chi connectivity index (χ1n) is 5.99. The van der Waals surface area contributed by atoms with Crippen LogP contribution in [0.1, 0.15) is 31.3 Å². The Morgan fingerprint density at radius 3 is 2.88 bits per heavy atom. The summed E-state index contributed by atoms with van der Waals surface area (Å²) >= 11 is 1.71. The number of rotatable bonds is 3. The number of nitrogens with one attached hydrogen (secondary N) is 1. The minimum Gasteiger partial charge on any atom is -0.344 e. The molecule has 2 heterocycles. The minimum absolute atomic E-state index is 0.305. The molecule has 0 radical (unpaired) electrons. The molecule has 2 aromatic heterocycles. The van der Waals surface area contributed by atoms with Crippen LogP contribution in [-0.2, 0) is 5.54 Å². The molecule has 0 spiro atoms. The van der Waals surface area contributed by atoms with Crippen LogP contribution in [0.4, 0.5) is 0 Å². The third kappa shape index (κ3) is 1.81. The molecule has 1 saturated carbocycles. The molecule has 1 aliphatic rings. The zero-order chi connectivity index (χ0) is 12.0. The van der Waals surface area contributed by atoms with Crippen molar-refractivity contribution in [2.75, 3.05) is 0 Å². The van der Waals surface area contributed by atoms with Gasteiger partial charge in [0, 0.05) is 5.69 Å². The van der Waals surface area contributed by atoms with E-state index in [1.165, 1.54) is 17.7 Å². The maximum Gasteiger partial charge on any atom is 0.127 e. The molecule has 0 saturated heterocycles. The van der Waals surface area contributed by atoms with Gasteiger partial charge in [-0.3, -0.25) is 0 Å². The van der Waals surface area contributed by atoms with Gasteiger partial charge >= 0.3 is 0 Å². The van der Waals surface area contributed by atoms with Crippen LogP contribution >= 0.6 is 11.3 Å². The largest absolute Gasteiger partial charge is 0.344 e. The predicted molar refractivity (Wildman–Crippen MR) is 70.9 cm³/mol. The topological polar surface area (TPSA) is 54.7 Å². The second-order valence-corrected chi connectivity index (χ2v) is 6.04. The summed E-state index contributed by atoms with van der Waals surface area (Å²) in [5.41, 5.74) is 8.24. The van der Waals surface area contributed by atoms with Crippen LogP contribution in [0.2, 0.25) is 0 Å². The van der Waals surface area contributed by atoms with Crippen molar-refractivity contribution in [3.05, 3.63) is 29.0 Å². The van der Waals surface area contributed by atoms with E-state index in [1.54, 1.807) is 11.3 Å². The number of thiophene rings is 1. The Kier molecular flexibility index (Phi) is 2.38. The van der Waals surface area contributed by atoms with Crippen molar-refractivity contribution in [3.63, 3.8) is 0 Å². The van der Waals surface area contributed by atoms with E-state index in [9.17, 15) is 0 Å². The summed E-state index contributed by atoms with van der Waals surface area (Å²) < 4.78 is 0. The maximum absolute atomic E-state index is 6.39. The van der Waals surface area contributed by atoms with Gasteiger partial charge in [-0.2, -0.15) is 0 Å². The quantitative estimate of drug-likeness (QED) is 0.876. The van der Waals surface area contributed by atoms with Gasteiger partial charge in [0.05, 0.1) is 10.4 Å². The van der Waals surface area contributed by atoms with Crippen LogP contribution in [0.5, 0.6) is 0 Å². The van der Waals surface area contributed by atoms with Crippen molar-refractivity contribution in [1.82, 2.24) is 9.97 Å². The first-order valence-corrected chi connectivity index (χ1v) is 6.87. The number of imidazole rings is 1. The van der Waals surface area contributed by atoms with Crippen molar-refractivity contribution >= 4 is 11.3 Å². The molecule has 0 aliphatic heterocycles. The second-order valence-electron chi connectivity index (χ2n) is 5.09. The average molecular weight is 247 g/mol. The number of hydrogen-bond donors (Lipinski definition) is 2. The standard InChI is InChI=1S/C13H17N3S/c1-8-11(10-4-3-7-17-10)16-12(15-8)13(2,14)9-5-6-9/h3-4,7,9H,5-6,14H2,1-2H3,(H,15,16). The van der Waals surface area contributed by atoms with Gasteiger partial charge in [-0.15, -0.1) is 11.3 Å². The Morgan fingerprint density at radius 2 is 2.29 bits per heavy atom. The Hall–Kier alpha value is -1.13. The molecule has 4 heteroatoms. The van der Waals surface area contributed by atoms with E-state index in [4.69, 9.17) is 10.7 Å². The number of nitrogens with two attached hydrogens (primary N) is 1. The zero-order valence-corrected chi connectivity index (χ0v) is 11.0. The fourth-order valence-corrected chi connectivity index (χ4v) is 3.02. The first kappa shape index (κ1) is 11.0. The Bertz CT molecular complexity index is 521. The van der Waals surface area contributed by atoms with E-state index in [-0.39, 0.29) is 5.54 Å². The molecule has 0 aromatic carbocycles. The predicted octanol–water partition coefficient (Wildman–Crippen LogP) is 3.03. The fraction of sp³-hybridized carbons (Fsp3) is 0.462. The first-order chi connectivity index (χ1) is 8.09. The number of aryl methyl sites for hydroxylation is 1. The highest BCUT2D eigenvalue weighted by Gasteiger charge is 2.42. The molecule has 3 rings (SSSR count). The molecule has 2 aromatic rings. The van der Waals surface area contributed by atoms with Crippen LogP contribution in [0, 0.1) is 12.8 Å². The number of hydrogen-bond acceptors (Lipinski definition) is 3. The molecule has 1 atom stereocenters. The molecular formula is C13H17N3S. The molecular weight excluding hydrogens is 230 g/mol. The molecule has 1 aliphatic carbocycles. The molecule has 1 fully saturated rings. The van der Waals surface area contributed by atoms with Crippen LogP contribution in [-0.4, -0.2) is 9.97 Å². The molecule has 3 N–H and O–H groups in total. The van der Waals surface area contributed by atoms with Gasteiger partial charge in [0.15, 0.2) is 0 Å². The average Bonchev–Trinajstić information content (AvgIpc) is 2.87. The van der Waals surface area contributed by atoms with Crippen molar-refractivity contribution < 1.29 is 0 Å². The number of H-pyrrole nitrogens is 1. The highest BCUT2D eigenvalue weighted by Crippen LogP contribution is 2.43. The summed E-state index contributed by atoms with van der Waals surface area (Å²) in [6, 6.07) is 4.15. The van der Waals surface area contributed by atoms with E-state index in [2.05, 4.69) is 36.3 Å². The van der Waals surface area contributed by atoms with Gasteiger partial charge in [0.25, 0.3) is 0 Å². The van der Waals surface area contributed by atoms with Gasteiger partial charge < -0.3 is 10.7 Å². The summed E-state index contributed by atoms with van der Waals surface area (Å²) in [7, 11) is 0. The summed E-state index contributed by atoms with van der Waals surface area (Å²) in [6.45, 7) is 4.15. The van der Waals surface area contributed by atoms with Gasteiger partial charge in [-0.05, 0) is 44.1 Å². The van der Waals surface area contributed by atoms with E-state index >= 15 is 0 Å². The number of aromatic amines is 1. The highest BCUT2D eigenvalue weighted by atomic mass is 32.1. The van der Waals surface area contributed by atoms with Crippen molar-refractivity contribution in [2.24, 2.45) is 11.7 Å². The van der Waals surface area contributed by atoms with E-state index in [1.807, 2.05) is 0 Å². The fourth-order valence-electron chi connectivity index (χ4n) is 2.25. The molecule has 0 amide bonds. The van der Waals surface area contributed by atoms with Gasteiger partial charge in [-0.1, -0.05) is 6.07 Å². The monoisotopic (exact) mass is 247 g/mol. The van der Waals surface area contributed by atoms with Gasteiger partial charge in [-0.25, -0.2) is 4.98 Å². The molecule has 90 valence electrons. The van der Waals surface area contributed by atoms with Crippen molar-refractivity contribution in [1.29, 1.82) is 0 Å². The van der Waals surface area contributed by atoms with E-state index < -0.39 is 0 Å². The summed E-state index contributed by atoms with van der Waals surface area (Å²) in [4.78, 5) is 9.29. The lowest BCUT2D eigenvalue weighted by molar-refractivity contribution is 0.404. The number of nitrogens with zero attached hydrogens (tertiary/aromatic N) is 1. The Morgan fingerprint density at radius 1 is 1.53 bits per heavy atom. The zero-order valence-electron chi connectivity index (χ0n) is 10.2. The molecule has 1 unspecified atom stereocenters. The molecule has 0 bridgehead atoms. The maximum atomic E-state index is 6.39. The Labute approximate surface area is 105 Å². The normalized spacial score (nSPS) is 19.2. The van der Waals surface area contributed by atoms with Crippen LogP contribution in [0.3, 0.4) is 0 Å². The summed E-state index contributed by atoms with van der Waals surface area (Å²) in [6.07, 6.45) is 2.45. The summed E-state index contributed by atoms with van der Waals surface area (Å²) in [5.74, 6) is 1.52. The molecule has 17 heavy (non-hydrogen) atoms. The third-order valence-electron chi connectivity index (χ3n) is 3.57.